The first kappa shape index (κ1) is 18.6. The van der Waals surface area contributed by atoms with Crippen LogP contribution in [0.15, 0.2) is 36.4 Å². The van der Waals surface area contributed by atoms with Gasteiger partial charge in [0.2, 0.25) is 0 Å². The van der Waals surface area contributed by atoms with Gasteiger partial charge in [-0.2, -0.15) is 0 Å². The van der Waals surface area contributed by atoms with Gasteiger partial charge in [-0.1, -0.05) is 38.3 Å². The SMILES string of the molecule is CC1(c2cc(F)c(NC(=O)[C@H]3CNc4ccccc4O3)cc2O)CCCCC1. The van der Waals surface area contributed by atoms with Crippen molar-refractivity contribution in [1.29, 1.82) is 0 Å². The molecule has 0 radical (unpaired) electrons. The number of phenols is 1. The van der Waals surface area contributed by atoms with Gasteiger partial charge < -0.3 is 20.5 Å². The number of hydrogen-bond donors (Lipinski definition) is 3. The Hall–Kier alpha value is -2.76. The van der Waals surface area contributed by atoms with E-state index in [4.69, 9.17) is 4.74 Å². The van der Waals surface area contributed by atoms with Crippen molar-refractivity contribution in [2.24, 2.45) is 0 Å². The third kappa shape index (κ3) is 3.51. The molecule has 1 atom stereocenters. The topological polar surface area (TPSA) is 70.6 Å². The Bertz CT molecular complexity index is 893. The van der Waals surface area contributed by atoms with Crippen LogP contribution in [-0.2, 0) is 10.2 Å². The minimum Gasteiger partial charge on any atom is -0.508 e. The largest absolute Gasteiger partial charge is 0.508 e. The minimum atomic E-state index is -0.785. The zero-order valence-electron chi connectivity index (χ0n) is 15.9. The van der Waals surface area contributed by atoms with Crippen LogP contribution < -0.4 is 15.4 Å². The number of ether oxygens (including phenoxy) is 1. The number of para-hydroxylation sites is 2. The summed E-state index contributed by atoms with van der Waals surface area (Å²) in [6, 6.07) is 10.0. The van der Waals surface area contributed by atoms with Crippen LogP contribution >= 0.6 is 0 Å². The van der Waals surface area contributed by atoms with E-state index in [-0.39, 0.29) is 23.4 Å². The Balaban J connectivity index is 1.51. The summed E-state index contributed by atoms with van der Waals surface area (Å²) in [5.41, 5.74) is 1.17. The fourth-order valence-corrected chi connectivity index (χ4v) is 4.21. The van der Waals surface area contributed by atoms with E-state index >= 15 is 0 Å². The Morgan fingerprint density at radius 1 is 1.25 bits per heavy atom. The lowest BCUT2D eigenvalue weighted by molar-refractivity contribution is -0.122. The van der Waals surface area contributed by atoms with Crippen molar-refractivity contribution in [2.75, 3.05) is 17.2 Å². The molecular weight excluding hydrogens is 359 g/mol. The number of rotatable bonds is 3. The van der Waals surface area contributed by atoms with Crippen molar-refractivity contribution >= 4 is 17.3 Å². The lowest BCUT2D eigenvalue weighted by Crippen LogP contribution is -2.41. The van der Waals surface area contributed by atoms with Gasteiger partial charge in [0.15, 0.2) is 6.10 Å². The van der Waals surface area contributed by atoms with Gasteiger partial charge in [0.1, 0.15) is 17.3 Å². The standard InChI is InChI=1S/C22H25FN2O3/c1-22(9-5-2-6-10-22)14-11-15(23)17(12-18(14)26)25-21(27)20-13-24-16-7-3-4-8-19(16)28-20/h3-4,7-8,11-12,20,24,26H,2,5-6,9-10,13H2,1H3,(H,25,27)/t20-/m1/s1. The molecule has 2 aliphatic rings. The first-order valence-corrected chi connectivity index (χ1v) is 9.80. The maximum absolute atomic E-state index is 14.7. The summed E-state index contributed by atoms with van der Waals surface area (Å²) in [4.78, 5) is 12.6. The average Bonchev–Trinajstić information content (AvgIpc) is 2.70. The third-order valence-corrected chi connectivity index (χ3v) is 5.88. The highest BCUT2D eigenvalue weighted by molar-refractivity contribution is 5.95. The monoisotopic (exact) mass is 384 g/mol. The molecule has 5 nitrogen and oxygen atoms in total. The van der Waals surface area contributed by atoms with Crippen LogP contribution in [0, 0.1) is 5.82 Å². The molecule has 3 N–H and O–H groups in total. The summed E-state index contributed by atoms with van der Waals surface area (Å²) in [7, 11) is 0. The van der Waals surface area contributed by atoms with E-state index in [0.29, 0.717) is 11.3 Å². The minimum absolute atomic E-state index is 0.0223. The number of halogens is 1. The first-order valence-electron chi connectivity index (χ1n) is 9.80. The van der Waals surface area contributed by atoms with Gasteiger partial charge >= 0.3 is 0 Å². The average molecular weight is 384 g/mol. The van der Waals surface area contributed by atoms with E-state index in [1.54, 1.807) is 6.07 Å². The summed E-state index contributed by atoms with van der Waals surface area (Å²) < 4.78 is 20.5. The van der Waals surface area contributed by atoms with Crippen LogP contribution in [0.5, 0.6) is 11.5 Å². The van der Waals surface area contributed by atoms with Crippen LogP contribution in [0.25, 0.3) is 0 Å². The predicted molar refractivity (Wildman–Crippen MR) is 106 cm³/mol. The second-order valence-electron chi connectivity index (χ2n) is 7.94. The molecule has 0 saturated heterocycles. The number of aromatic hydroxyl groups is 1. The van der Waals surface area contributed by atoms with Crippen LogP contribution in [-0.4, -0.2) is 23.7 Å². The molecule has 2 aromatic rings. The summed E-state index contributed by atoms with van der Waals surface area (Å²) in [5.74, 6) is -0.402. The fourth-order valence-electron chi connectivity index (χ4n) is 4.21. The van der Waals surface area contributed by atoms with Gasteiger partial charge in [0.05, 0.1) is 17.9 Å². The Labute approximate surface area is 163 Å². The van der Waals surface area contributed by atoms with E-state index in [1.165, 1.54) is 18.6 Å². The Morgan fingerprint density at radius 3 is 2.79 bits per heavy atom. The van der Waals surface area contributed by atoms with Crippen molar-refractivity contribution in [3.05, 3.63) is 47.8 Å². The number of amides is 1. The molecule has 0 unspecified atom stereocenters. The Kier molecular flexibility index (Phi) is 4.87. The van der Waals surface area contributed by atoms with E-state index in [9.17, 15) is 14.3 Å². The number of nitrogens with one attached hydrogen (secondary N) is 2. The smallest absolute Gasteiger partial charge is 0.267 e. The molecule has 1 heterocycles. The molecule has 1 saturated carbocycles. The van der Waals surface area contributed by atoms with Crippen molar-refractivity contribution in [3.63, 3.8) is 0 Å². The number of benzene rings is 2. The number of fused-ring (bicyclic) bond motifs is 1. The van der Waals surface area contributed by atoms with Crippen molar-refractivity contribution < 1.29 is 19.0 Å². The van der Waals surface area contributed by atoms with Crippen LogP contribution in [0.3, 0.4) is 0 Å². The zero-order valence-corrected chi connectivity index (χ0v) is 15.9. The molecule has 1 amide bonds. The first-order chi connectivity index (χ1) is 13.5. The van der Waals surface area contributed by atoms with Crippen molar-refractivity contribution in [2.45, 2.75) is 50.5 Å². The number of phenolic OH excluding ortho intramolecular Hbond substituents is 1. The molecule has 1 aliphatic carbocycles. The van der Waals surface area contributed by atoms with Gasteiger partial charge in [-0.05, 0) is 36.5 Å². The van der Waals surface area contributed by atoms with E-state index in [2.05, 4.69) is 17.6 Å². The lowest BCUT2D eigenvalue weighted by Gasteiger charge is -2.34. The molecule has 1 fully saturated rings. The summed E-state index contributed by atoms with van der Waals surface area (Å²) >= 11 is 0. The predicted octanol–water partition coefficient (Wildman–Crippen LogP) is 4.56. The van der Waals surface area contributed by atoms with Crippen LogP contribution in [0.2, 0.25) is 0 Å². The molecule has 4 rings (SSSR count). The quantitative estimate of drug-likeness (QED) is 0.725. The van der Waals surface area contributed by atoms with Gasteiger partial charge in [0.25, 0.3) is 5.91 Å². The van der Waals surface area contributed by atoms with Gasteiger partial charge in [-0.25, -0.2) is 4.39 Å². The zero-order chi connectivity index (χ0) is 19.7. The number of carbonyl (C=O) groups is 1. The highest BCUT2D eigenvalue weighted by Gasteiger charge is 2.33. The molecule has 148 valence electrons. The fraction of sp³-hybridized carbons (Fsp3) is 0.409. The number of hydrogen-bond acceptors (Lipinski definition) is 4. The second-order valence-corrected chi connectivity index (χ2v) is 7.94. The number of anilines is 2. The maximum Gasteiger partial charge on any atom is 0.267 e. The molecular formula is C22H25FN2O3. The van der Waals surface area contributed by atoms with Gasteiger partial charge in [-0.15, -0.1) is 0 Å². The molecule has 1 aliphatic heterocycles. The van der Waals surface area contributed by atoms with Crippen LogP contribution in [0.4, 0.5) is 15.8 Å². The van der Waals surface area contributed by atoms with Crippen molar-refractivity contribution in [1.82, 2.24) is 0 Å². The normalized spacial score (nSPS) is 20.4. The molecule has 0 spiro atoms. The molecule has 28 heavy (non-hydrogen) atoms. The Morgan fingerprint density at radius 2 is 2.00 bits per heavy atom. The highest BCUT2D eigenvalue weighted by Crippen LogP contribution is 2.44. The second kappa shape index (κ2) is 7.34. The summed E-state index contributed by atoms with van der Waals surface area (Å²) in [5, 5.41) is 16.2. The van der Waals surface area contributed by atoms with E-state index < -0.39 is 17.8 Å². The third-order valence-electron chi connectivity index (χ3n) is 5.88. The molecule has 6 heteroatoms. The van der Waals surface area contributed by atoms with Crippen molar-refractivity contribution in [3.8, 4) is 11.5 Å². The molecule has 2 aromatic carbocycles. The lowest BCUT2D eigenvalue weighted by atomic mass is 9.70. The number of carbonyl (C=O) groups excluding carboxylic acids is 1. The van der Waals surface area contributed by atoms with Crippen LogP contribution in [0.1, 0.15) is 44.6 Å². The van der Waals surface area contributed by atoms with Gasteiger partial charge in [0, 0.05) is 11.6 Å². The highest BCUT2D eigenvalue weighted by atomic mass is 19.1. The summed E-state index contributed by atoms with van der Waals surface area (Å²) in [6.45, 7) is 2.35. The van der Waals surface area contributed by atoms with Gasteiger partial charge in [-0.3, -0.25) is 4.79 Å². The molecule has 0 bridgehead atoms. The summed E-state index contributed by atoms with van der Waals surface area (Å²) in [6.07, 6.45) is 4.38. The molecule has 0 aromatic heterocycles. The van der Waals surface area contributed by atoms with E-state index in [1.807, 2.05) is 18.2 Å². The van der Waals surface area contributed by atoms with E-state index in [0.717, 1.165) is 31.4 Å². The maximum atomic E-state index is 14.7.